The SMILES string of the molecule is CCCCCCCC/C=C\CCCCCC(=O)OC1C(O)C(O)C(OC2OC(CO)C(O)C(O)C2O)C(OP(=O)(O)OCC(COC(=O)CCCCCCCCCCCCCCC)OC(=O)CCCCCCCCC(C)CCCCCCCC)C1OC1OC(COC(=O)CCCCCCCCCCCCCCC)C(O)C(O)C1O. The molecular formula is C88H163O25P. The van der Waals surface area contributed by atoms with E-state index in [0.717, 1.165) is 122 Å². The van der Waals surface area contributed by atoms with Gasteiger partial charge in [-0.2, -0.15) is 0 Å². The maximum atomic E-state index is 14.9. The Hall–Kier alpha value is -2.79. The molecule has 2 saturated heterocycles. The van der Waals surface area contributed by atoms with E-state index in [9.17, 15) is 74.6 Å². The number of carbonyl (C=O) groups is 4. The van der Waals surface area contributed by atoms with E-state index in [1.165, 1.54) is 167 Å². The Morgan fingerprint density at radius 1 is 0.368 bits per heavy atom. The van der Waals surface area contributed by atoms with Crippen LogP contribution in [0.15, 0.2) is 12.2 Å². The number of carbonyl (C=O) groups excluding carboxylic acids is 4. The monoisotopic (exact) mass is 1650 g/mol. The van der Waals surface area contributed by atoms with Gasteiger partial charge in [-0.25, -0.2) is 4.57 Å². The summed E-state index contributed by atoms with van der Waals surface area (Å²) in [4.78, 5) is 66.4. The summed E-state index contributed by atoms with van der Waals surface area (Å²) in [5.74, 6) is -2.30. The van der Waals surface area contributed by atoms with Gasteiger partial charge in [-0.05, 0) is 57.3 Å². The first-order valence-corrected chi connectivity index (χ1v) is 47.3. The topological polar surface area (TPSA) is 380 Å². The fourth-order valence-corrected chi connectivity index (χ4v) is 16.2. The Morgan fingerprint density at radius 3 is 1.14 bits per heavy atom. The van der Waals surface area contributed by atoms with Crippen molar-refractivity contribution < 1.29 is 122 Å². The maximum absolute atomic E-state index is 14.9. The number of aliphatic hydroxyl groups is 9. The van der Waals surface area contributed by atoms with Crippen LogP contribution < -0.4 is 0 Å². The third-order valence-electron chi connectivity index (χ3n) is 22.7. The lowest BCUT2D eigenvalue weighted by atomic mass is 9.84. The average Bonchev–Trinajstić information content (AvgIpc) is 0.753. The molecule has 0 aromatic heterocycles. The van der Waals surface area contributed by atoms with Crippen LogP contribution in [0.2, 0.25) is 0 Å². The molecule has 2 heterocycles. The Labute approximate surface area is 686 Å². The molecule has 0 aromatic carbocycles. The molecular weight excluding hydrogens is 1490 g/mol. The van der Waals surface area contributed by atoms with Crippen molar-refractivity contribution in [1.29, 1.82) is 0 Å². The lowest BCUT2D eigenvalue weighted by Crippen LogP contribution is -2.70. The minimum Gasteiger partial charge on any atom is -0.463 e. The van der Waals surface area contributed by atoms with E-state index in [1.54, 1.807) is 0 Å². The lowest BCUT2D eigenvalue weighted by molar-refractivity contribution is -0.360. The van der Waals surface area contributed by atoms with Gasteiger partial charge in [0.05, 0.1) is 13.2 Å². The number of ether oxygens (including phenoxy) is 8. The summed E-state index contributed by atoms with van der Waals surface area (Å²) in [6.07, 6.45) is 22.4. The van der Waals surface area contributed by atoms with Crippen molar-refractivity contribution in [2.75, 3.05) is 26.4 Å². The number of rotatable bonds is 73. The predicted octanol–water partition coefficient (Wildman–Crippen LogP) is 16.2. The van der Waals surface area contributed by atoms with Crippen molar-refractivity contribution in [2.45, 2.75) is 492 Å². The second-order valence-corrected chi connectivity index (χ2v) is 34.5. The minimum absolute atomic E-state index is 0.0164. The summed E-state index contributed by atoms with van der Waals surface area (Å²) in [6, 6.07) is 0. The second-order valence-electron chi connectivity index (χ2n) is 33.1. The molecule has 0 amide bonds. The Kier molecular flexibility index (Phi) is 61.8. The van der Waals surface area contributed by atoms with Crippen LogP contribution in [0.25, 0.3) is 0 Å². The van der Waals surface area contributed by atoms with Gasteiger partial charge < -0.3 is 88.7 Å². The number of phosphoric acid groups is 1. The highest BCUT2D eigenvalue weighted by Gasteiger charge is 2.60. The summed E-state index contributed by atoms with van der Waals surface area (Å²) in [7, 11) is -5.81. The van der Waals surface area contributed by atoms with Crippen LogP contribution in [-0.4, -0.2) is 205 Å². The van der Waals surface area contributed by atoms with Gasteiger partial charge >= 0.3 is 31.7 Å². The predicted molar refractivity (Wildman–Crippen MR) is 439 cm³/mol. The third kappa shape index (κ3) is 47.4. The lowest BCUT2D eigenvalue weighted by Gasteiger charge is -2.50. The molecule has 3 fully saturated rings. The van der Waals surface area contributed by atoms with Crippen molar-refractivity contribution in [3.8, 4) is 0 Å². The normalized spacial score (nSPS) is 25.7. The molecule has 3 rings (SSSR count). The van der Waals surface area contributed by atoms with E-state index >= 15 is 0 Å². The molecule has 25 nitrogen and oxygen atoms in total. The van der Waals surface area contributed by atoms with E-state index in [-0.39, 0.29) is 32.1 Å². The van der Waals surface area contributed by atoms with Gasteiger partial charge in [0.15, 0.2) is 24.8 Å². The maximum Gasteiger partial charge on any atom is 0.472 e. The summed E-state index contributed by atoms with van der Waals surface area (Å²) < 4.78 is 73.3. The highest BCUT2D eigenvalue weighted by atomic mass is 31.2. The number of phosphoric ester groups is 1. The van der Waals surface area contributed by atoms with Gasteiger partial charge in [0.1, 0.15) is 92.6 Å². The fourth-order valence-electron chi connectivity index (χ4n) is 15.3. The molecule has 1 aliphatic carbocycles. The van der Waals surface area contributed by atoms with Crippen LogP contribution in [0, 0.1) is 5.92 Å². The molecule has 0 bridgehead atoms. The largest absolute Gasteiger partial charge is 0.472 e. The van der Waals surface area contributed by atoms with Crippen LogP contribution >= 0.6 is 7.82 Å². The van der Waals surface area contributed by atoms with Crippen LogP contribution in [0.3, 0.4) is 0 Å². The van der Waals surface area contributed by atoms with E-state index in [4.69, 9.17) is 46.9 Å². The number of esters is 4. The molecule has 2 aliphatic heterocycles. The molecule has 0 aromatic rings. The molecule has 114 heavy (non-hydrogen) atoms. The van der Waals surface area contributed by atoms with Crippen molar-refractivity contribution in [1.82, 2.24) is 0 Å². The smallest absolute Gasteiger partial charge is 0.463 e. The first-order valence-electron chi connectivity index (χ1n) is 45.8. The fraction of sp³-hybridized carbons (Fsp3) is 0.932. The molecule has 0 radical (unpaired) electrons. The van der Waals surface area contributed by atoms with Crippen LogP contribution in [0.5, 0.6) is 0 Å². The van der Waals surface area contributed by atoms with Crippen LogP contribution in [-0.2, 0) is 70.7 Å². The van der Waals surface area contributed by atoms with E-state index in [1.807, 2.05) is 0 Å². The van der Waals surface area contributed by atoms with E-state index < -0.39 is 162 Å². The summed E-state index contributed by atoms with van der Waals surface area (Å²) in [5.41, 5.74) is 0. The first kappa shape index (κ1) is 105. The number of aliphatic hydroxyl groups excluding tert-OH is 9. The van der Waals surface area contributed by atoms with E-state index in [2.05, 4.69) is 46.8 Å². The van der Waals surface area contributed by atoms with Crippen molar-refractivity contribution in [3.05, 3.63) is 12.2 Å². The molecule has 19 atom stereocenters. The summed E-state index contributed by atoms with van der Waals surface area (Å²) in [5, 5.41) is 102. The number of hydrogen-bond acceptors (Lipinski definition) is 24. The van der Waals surface area contributed by atoms with Crippen molar-refractivity contribution >= 4 is 31.7 Å². The number of allylic oxidation sites excluding steroid dienone is 2. The van der Waals surface area contributed by atoms with Gasteiger partial charge in [0.2, 0.25) is 0 Å². The van der Waals surface area contributed by atoms with Gasteiger partial charge in [-0.15, -0.1) is 0 Å². The third-order valence-corrected chi connectivity index (χ3v) is 23.7. The highest BCUT2D eigenvalue weighted by molar-refractivity contribution is 7.47. The molecule has 19 unspecified atom stereocenters. The molecule has 1 saturated carbocycles. The Morgan fingerprint density at radius 2 is 0.711 bits per heavy atom. The molecule has 3 aliphatic rings. The second kappa shape index (κ2) is 66.9. The van der Waals surface area contributed by atoms with Gasteiger partial charge in [-0.3, -0.25) is 28.2 Å². The standard InChI is InChI=1S/C88H163O25P/c1-6-10-14-18-22-25-28-31-34-37-40-47-53-59-71(90)104-64-68(107-73(92)61-55-50-44-43-46-52-58-67(5)57-51-45-21-17-13-9-4)65-106-114(102,103)113-86-84(111-87-81(100)77(96)75(94)69(63-89)108-87)80(99)79(98)83(110-74(93)62-56-49-42-39-36-33-30-27-24-20-16-12-8-3)85(86)112-88-82(101)78(97)76(95)70(109-88)66-105-72(91)60-54-48-41-38-35-32-29-26-23-19-15-11-7-2/h33,36,67-70,75-89,94-101H,6-32,34-35,37-66H2,1-5H3,(H,102,103)/b36-33-. The van der Waals surface area contributed by atoms with Crippen LogP contribution in [0.4, 0.5) is 0 Å². The van der Waals surface area contributed by atoms with E-state index in [0.29, 0.717) is 38.0 Å². The molecule has 10 N–H and O–H groups in total. The Balaban J connectivity index is 1.94. The minimum atomic E-state index is -5.81. The number of unbranched alkanes of at least 4 members (excludes halogenated alkanes) is 43. The van der Waals surface area contributed by atoms with Crippen LogP contribution in [0.1, 0.15) is 388 Å². The van der Waals surface area contributed by atoms with Crippen molar-refractivity contribution in [3.63, 3.8) is 0 Å². The van der Waals surface area contributed by atoms with Crippen molar-refractivity contribution in [2.24, 2.45) is 5.92 Å². The zero-order valence-corrected chi connectivity index (χ0v) is 72.2. The molecule has 0 spiro atoms. The Bertz CT molecular complexity index is 2440. The highest BCUT2D eigenvalue weighted by Crippen LogP contribution is 2.49. The zero-order chi connectivity index (χ0) is 83.4. The quantitative estimate of drug-likeness (QED) is 0.00889. The van der Waals surface area contributed by atoms with Gasteiger partial charge in [-0.1, -0.05) is 323 Å². The zero-order valence-electron chi connectivity index (χ0n) is 71.3. The molecule has 670 valence electrons. The average molecular weight is 1650 g/mol. The summed E-state index contributed by atoms with van der Waals surface area (Å²) in [6.45, 7) is 7.89. The molecule has 26 heteroatoms. The first-order chi connectivity index (χ1) is 55.1. The van der Waals surface area contributed by atoms with Gasteiger partial charge in [0.25, 0.3) is 0 Å². The number of hydrogen-bond donors (Lipinski definition) is 10. The summed E-state index contributed by atoms with van der Waals surface area (Å²) >= 11 is 0. The van der Waals surface area contributed by atoms with Gasteiger partial charge in [0, 0.05) is 25.7 Å².